The Kier molecular flexibility index (Phi) is 6.03. The number of nitriles is 1. The number of nitrogens with one attached hydrogen (secondary N) is 1. The van der Waals surface area contributed by atoms with E-state index < -0.39 is 16.0 Å². The first kappa shape index (κ1) is 23.7. The molecule has 3 heterocycles. The van der Waals surface area contributed by atoms with Gasteiger partial charge in [0.25, 0.3) is 0 Å². The summed E-state index contributed by atoms with van der Waals surface area (Å²) in [6.07, 6.45) is 1.98. The average molecular weight is 502 g/mol. The molecule has 1 aliphatic carbocycles. The normalized spacial score (nSPS) is 27.1. The summed E-state index contributed by atoms with van der Waals surface area (Å²) in [4.78, 5) is 19.3. The predicted molar refractivity (Wildman–Crippen MR) is 126 cm³/mol. The molecular weight excluding hydrogens is 473 g/mol. The van der Waals surface area contributed by atoms with Crippen LogP contribution in [0, 0.1) is 11.3 Å². The van der Waals surface area contributed by atoms with Crippen molar-refractivity contribution in [3.63, 3.8) is 0 Å². The number of carbonyl (C=O) groups is 1. The molecular formula is C24H28FN5O4S. The third-order valence-corrected chi connectivity index (χ3v) is 9.34. The van der Waals surface area contributed by atoms with Crippen molar-refractivity contribution in [2.45, 2.75) is 62.5 Å². The lowest BCUT2D eigenvalue weighted by Crippen LogP contribution is -2.46. The fourth-order valence-corrected chi connectivity index (χ4v) is 6.81. The Balaban J connectivity index is 1.28. The monoisotopic (exact) mass is 501 g/mol. The van der Waals surface area contributed by atoms with Crippen LogP contribution in [0.2, 0.25) is 0 Å². The molecule has 2 aliphatic heterocycles. The number of carbonyl (C=O) groups excluding carboxylic acids is 1. The number of nitrogens with zero attached hydrogens (tertiary/aromatic N) is 4. The third kappa shape index (κ3) is 4.76. The number of hydrogen-bond acceptors (Lipinski definition) is 7. The molecule has 35 heavy (non-hydrogen) atoms. The zero-order valence-electron chi connectivity index (χ0n) is 19.5. The molecule has 3 aliphatic rings. The number of benzene rings is 1. The lowest BCUT2D eigenvalue weighted by Gasteiger charge is -2.37. The number of amides is 2. The Morgan fingerprint density at radius 1 is 1.34 bits per heavy atom. The third-order valence-electron chi connectivity index (χ3n) is 7.52. The number of urea groups is 1. The molecule has 11 heteroatoms. The molecule has 1 aromatic heterocycles. The van der Waals surface area contributed by atoms with Crippen molar-refractivity contribution in [2.75, 3.05) is 29.9 Å². The highest BCUT2D eigenvalue weighted by Crippen LogP contribution is 2.44. The summed E-state index contributed by atoms with van der Waals surface area (Å²) in [6, 6.07) is 6.94. The van der Waals surface area contributed by atoms with Crippen molar-refractivity contribution >= 4 is 21.6 Å². The Morgan fingerprint density at radius 3 is 2.74 bits per heavy atom. The average Bonchev–Trinajstić information content (AvgIpc) is 3.35. The van der Waals surface area contributed by atoms with E-state index in [1.54, 1.807) is 23.1 Å². The summed E-state index contributed by atoms with van der Waals surface area (Å²) in [5, 5.41) is 16.6. The van der Waals surface area contributed by atoms with E-state index in [4.69, 9.17) is 4.52 Å². The van der Waals surface area contributed by atoms with Gasteiger partial charge in [0.1, 0.15) is 12.2 Å². The minimum absolute atomic E-state index is 0.0174. The molecule has 1 aromatic carbocycles. The van der Waals surface area contributed by atoms with Gasteiger partial charge in [0, 0.05) is 18.5 Å². The van der Waals surface area contributed by atoms with Crippen LogP contribution >= 0.6 is 0 Å². The Bertz CT molecular complexity index is 1280. The van der Waals surface area contributed by atoms with Crippen molar-refractivity contribution in [1.29, 1.82) is 5.26 Å². The van der Waals surface area contributed by atoms with Gasteiger partial charge in [-0.1, -0.05) is 24.2 Å². The molecule has 3 fully saturated rings. The van der Waals surface area contributed by atoms with Crippen molar-refractivity contribution in [3.8, 4) is 6.07 Å². The van der Waals surface area contributed by atoms with Crippen LogP contribution in [0.4, 0.5) is 14.9 Å². The molecule has 9 nitrogen and oxygen atoms in total. The van der Waals surface area contributed by atoms with Crippen molar-refractivity contribution in [2.24, 2.45) is 0 Å². The fraction of sp³-hybridized carbons (Fsp3) is 0.583. The summed E-state index contributed by atoms with van der Waals surface area (Å²) < 4.78 is 43.0. The Labute approximate surface area is 203 Å². The molecule has 3 atom stereocenters. The summed E-state index contributed by atoms with van der Waals surface area (Å²) in [7, 11) is -3.15. The van der Waals surface area contributed by atoms with E-state index in [0.29, 0.717) is 73.7 Å². The van der Waals surface area contributed by atoms with Gasteiger partial charge in [-0.3, -0.25) is 0 Å². The minimum atomic E-state index is -3.15. The summed E-state index contributed by atoms with van der Waals surface area (Å²) in [5.74, 6) is 0.529. The van der Waals surface area contributed by atoms with Crippen LogP contribution < -0.4 is 5.32 Å². The maximum Gasteiger partial charge on any atom is 0.321 e. The highest BCUT2D eigenvalue weighted by Gasteiger charge is 2.45. The second-order valence-corrected chi connectivity index (χ2v) is 12.4. The topological polar surface area (TPSA) is 129 Å². The largest absolute Gasteiger partial charge is 0.339 e. The van der Waals surface area contributed by atoms with Crippen LogP contribution in [-0.2, 0) is 15.3 Å². The fourth-order valence-electron chi connectivity index (χ4n) is 5.07. The second kappa shape index (κ2) is 8.90. The molecule has 5 rings (SSSR count). The van der Waals surface area contributed by atoms with E-state index in [-0.39, 0.29) is 34.8 Å². The SMILES string of the molecule is CC1(c2noc([C@@H]3C[C@@H]3F)n2)CCN(C(=O)Nc2c(C#N)cccc2C2CCCS(=O)(=O)C2)CC1. The Hall–Kier alpha value is -3.00. The van der Waals surface area contributed by atoms with Crippen LogP contribution in [0.3, 0.4) is 0 Å². The molecule has 2 saturated heterocycles. The number of sulfone groups is 1. The van der Waals surface area contributed by atoms with Gasteiger partial charge in [0.2, 0.25) is 5.89 Å². The molecule has 2 aromatic rings. The highest BCUT2D eigenvalue weighted by atomic mass is 32.2. The van der Waals surface area contributed by atoms with Gasteiger partial charge in [-0.15, -0.1) is 0 Å². The van der Waals surface area contributed by atoms with E-state index in [9.17, 15) is 22.9 Å². The number of anilines is 1. The number of halogens is 1. The number of aromatic nitrogens is 2. The minimum Gasteiger partial charge on any atom is -0.339 e. The quantitative estimate of drug-likeness (QED) is 0.677. The van der Waals surface area contributed by atoms with E-state index in [0.717, 1.165) is 0 Å². The van der Waals surface area contributed by atoms with Crippen LogP contribution in [-0.4, -0.2) is 60.3 Å². The summed E-state index contributed by atoms with van der Waals surface area (Å²) in [5.41, 5.74) is 1.01. The smallest absolute Gasteiger partial charge is 0.321 e. The highest BCUT2D eigenvalue weighted by molar-refractivity contribution is 7.91. The number of alkyl halides is 1. The van der Waals surface area contributed by atoms with Crippen molar-refractivity contribution in [1.82, 2.24) is 15.0 Å². The van der Waals surface area contributed by atoms with Gasteiger partial charge in [-0.05, 0) is 49.7 Å². The number of para-hydroxylation sites is 1. The maximum absolute atomic E-state index is 13.3. The first-order chi connectivity index (χ1) is 16.7. The standard InChI is InChI=1S/C24H28FN5O4S/c1-24(22-28-21(34-29-22)18-12-19(18)25)7-9-30(10-8-24)23(31)27-20-15(13-26)4-2-6-17(20)16-5-3-11-35(32,33)14-16/h2,4,6,16,18-19H,3,5,7-12,14H2,1H3,(H,27,31)/t16?,18-,19+/m1/s1. The van der Waals surface area contributed by atoms with E-state index in [1.165, 1.54) is 0 Å². The van der Waals surface area contributed by atoms with Gasteiger partial charge in [0.15, 0.2) is 15.7 Å². The first-order valence-corrected chi connectivity index (χ1v) is 13.8. The molecule has 0 spiro atoms. The van der Waals surface area contributed by atoms with Crippen LogP contribution in [0.15, 0.2) is 22.7 Å². The molecule has 1 N–H and O–H groups in total. The number of rotatable bonds is 4. The van der Waals surface area contributed by atoms with E-state index in [1.807, 2.05) is 6.92 Å². The van der Waals surface area contributed by atoms with Gasteiger partial charge < -0.3 is 14.7 Å². The first-order valence-electron chi connectivity index (χ1n) is 12.0. The van der Waals surface area contributed by atoms with Crippen LogP contribution in [0.5, 0.6) is 0 Å². The summed E-state index contributed by atoms with van der Waals surface area (Å²) in [6.45, 7) is 2.91. The van der Waals surface area contributed by atoms with E-state index >= 15 is 0 Å². The zero-order chi connectivity index (χ0) is 24.8. The molecule has 0 bridgehead atoms. The number of piperidine rings is 1. The maximum atomic E-state index is 13.3. The van der Waals surface area contributed by atoms with Crippen LogP contribution in [0.1, 0.15) is 73.7 Å². The molecule has 1 unspecified atom stereocenters. The van der Waals surface area contributed by atoms with Crippen LogP contribution in [0.25, 0.3) is 0 Å². The van der Waals surface area contributed by atoms with Gasteiger partial charge in [0.05, 0.1) is 28.7 Å². The van der Waals surface area contributed by atoms with Gasteiger partial charge in [-0.2, -0.15) is 10.2 Å². The van der Waals surface area contributed by atoms with Gasteiger partial charge >= 0.3 is 6.03 Å². The lowest BCUT2D eigenvalue weighted by atomic mass is 9.79. The number of hydrogen-bond donors (Lipinski definition) is 1. The van der Waals surface area contributed by atoms with Gasteiger partial charge in [-0.25, -0.2) is 17.6 Å². The van der Waals surface area contributed by atoms with Crippen molar-refractivity contribution < 1.29 is 22.1 Å². The lowest BCUT2D eigenvalue weighted by molar-refractivity contribution is 0.169. The molecule has 1 saturated carbocycles. The second-order valence-electron chi connectivity index (χ2n) is 10.1. The molecule has 0 radical (unpaired) electrons. The molecule has 2 amide bonds. The number of likely N-dealkylation sites (tertiary alicyclic amines) is 1. The van der Waals surface area contributed by atoms with Crippen molar-refractivity contribution in [3.05, 3.63) is 41.0 Å². The molecule has 186 valence electrons. The zero-order valence-corrected chi connectivity index (χ0v) is 20.4. The van der Waals surface area contributed by atoms with E-state index in [2.05, 4.69) is 21.5 Å². The Morgan fingerprint density at radius 2 is 2.09 bits per heavy atom. The predicted octanol–water partition coefficient (Wildman–Crippen LogP) is 3.64. The summed E-state index contributed by atoms with van der Waals surface area (Å²) >= 11 is 0.